The lowest BCUT2D eigenvalue weighted by molar-refractivity contribution is -0.385. The van der Waals surface area contributed by atoms with Crippen molar-refractivity contribution in [3.8, 4) is 23.6 Å². The number of carbonyl (C=O) groups excluding carboxylic acids is 1. The van der Waals surface area contributed by atoms with Crippen LogP contribution >= 0.6 is 11.6 Å². The van der Waals surface area contributed by atoms with E-state index in [0.29, 0.717) is 11.3 Å². The molecule has 0 unspecified atom stereocenters. The predicted octanol–water partition coefficient (Wildman–Crippen LogP) is 5.37. The maximum absolute atomic E-state index is 12.5. The molecule has 0 aliphatic rings. The summed E-state index contributed by atoms with van der Waals surface area (Å²) < 4.78 is 5.61. The first-order chi connectivity index (χ1) is 16.7. The van der Waals surface area contributed by atoms with E-state index in [9.17, 15) is 35.5 Å². The summed E-state index contributed by atoms with van der Waals surface area (Å²) in [6, 6.07) is 16.9. The van der Waals surface area contributed by atoms with Gasteiger partial charge in [-0.1, -0.05) is 23.7 Å². The van der Waals surface area contributed by atoms with E-state index in [4.69, 9.17) is 16.3 Å². The van der Waals surface area contributed by atoms with Gasteiger partial charge in [0.15, 0.2) is 0 Å². The van der Waals surface area contributed by atoms with Crippen LogP contribution in [0.25, 0.3) is 6.08 Å². The molecule has 0 fully saturated rings. The third-order valence-corrected chi connectivity index (χ3v) is 4.80. The van der Waals surface area contributed by atoms with Crippen molar-refractivity contribution >= 4 is 40.6 Å². The number of nitro groups is 2. The maximum atomic E-state index is 12.5. The summed E-state index contributed by atoms with van der Waals surface area (Å²) in [5.74, 6) is -0.334. The molecule has 0 spiro atoms. The summed E-state index contributed by atoms with van der Waals surface area (Å²) in [7, 11) is 0. The second kappa shape index (κ2) is 10.6. The highest BCUT2D eigenvalue weighted by atomic mass is 35.5. The molecule has 3 rings (SSSR count). The highest BCUT2D eigenvalue weighted by molar-refractivity contribution is 6.34. The van der Waals surface area contributed by atoms with E-state index in [-0.39, 0.29) is 39.0 Å². The molecule has 172 valence electrons. The average Bonchev–Trinajstić information content (AvgIpc) is 2.84. The fourth-order valence-corrected chi connectivity index (χ4v) is 3.01. The lowest BCUT2D eigenvalue weighted by Gasteiger charge is -2.08. The normalized spacial score (nSPS) is 10.5. The van der Waals surface area contributed by atoms with Crippen molar-refractivity contribution in [3.63, 3.8) is 0 Å². The van der Waals surface area contributed by atoms with E-state index >= 15 is 0 Å². The Morgan fingerprint density at radius 1 is 0.971 bits per heavy atom. The molecule has 0 radical (unpaired) electrons. The molecule has 0 saturated carbocycles. The molecule has 12 heteroatoms. The van der Waals surface area contributed by atoms with Crippen LogP contribution in [0, 0.1) is 42.9 Å². The van der Waals surface area contributed by atoms with Gasteiger partial charge in [-0.05, 0) is 35.9 Å². The van der Waals surface area contributed by atoms with Crippen LogP contribution in [0.4, 0.5) is 17.1 Å². The van der Waals surface area contributed by atoms with Crippen LogP contribution in [0.15, 0.2) is 66.2 Å². The van der Waals surface area contributed by atoms with Crippen LogP contribution in [-0.2, 0) is 4.79 Å². The average molecular weight is 490 g/mol. The molecule has 0 atom stereocenters. The van der Waals surface area contributed by atoms with Crippen LogP contribution < -0.4 is 10.1 Å². The van der Waals surface area contributed by atoms with Crippen molar-refractivity contribution in [3.05, 3.63) is 103 Å². The highest BCUT2D eigenvalue weighted by Gasteiger charge is 2.15. The minimum atomic E-state index is -0.770. The zero-order valence-corrected chi connectivity index (χ0v) is 18.2. The molecule has 1 amide bonds. The second-order valence-corrected chi connectivity index (χ2v) is 7.17. The fraction of sp³-hybridized carbons (Fsp3) is 0. The number of hydrogen-bond donors (Lipinski definition) is 1. The highest BCUT2D eigenvalue weighted by Crippen LogP contribution is 2.29. The van der Waals surface area contributed by atoms with E-state index < -0.39 is 15.8 Å². The molecule has 3 aromatic carbocycles. The first kappa shape index (κ1) is 24.4. The zero-order valence-electron chi connectivity index (χ0n) is 17.5. The number of nitrogens with one attached hydrogen (secondary N) is 1. The number of benzene rings is 3. The summed E-state index contributed by atoms with van der Waals surface area (Å²) in [4.78, 5) is 32.9. The number of amides is 1. The third kappa shape index (κ3) is 5.96. The Kier molecular flexibility index (Phi) is 7.36. The van der Waals surface area contributed by atoms with Crippen LogP contribution in [0.5, 0.6) is 11.5 Å². The van der Waals surface area contributed by atoms with Gasteiger partial charge in [-0.3, -0.25) is 25.0 Å². The van der Waals surface area contributed by atoms with Crippen molar-refractivity contribution in [2.24, 2.45) is 0 Å². The summed E-state index contributed by atoms with van der Waals surface area (Å²) in [5.41, 5.74) is -0.188. The number of rotatable bonds is 7. The minimum absolute atomic E-state index is 0.0171. The number of anilines is 1. The minimum Gasteiger partial charge on any atom is -0.456 e. The predicted molar refractivity (Wildman–Crippen MR) is 125 cm³/mol. The lowest BCUT2D eigenvalue weighted by atomic mass is 10.1. The Labute approximate surface area is 202 Å². The Hall–Kier alpha value is -5.26. The van der Waals surface area contributed by atoms with E-state index in [1.54, 1.807) is 18.2 Å². The molecule has 3 aromatic rings. The molecule has 0 saturated heterocycles. The van der Waals surface area contributed by atoms with Crippen molar-refractivity contribution in [2.75, 3.05) is 5.32 Å². The van der Waals surface area contributed by atoms with E-state index in [2.05, 4.69) is 5.32 Å². The Morgan fingerprint density at radius 3 is 2.17 bits per heavy atom. The summed E-state index contributed by atoms with van der Waals surface area (Å²) in [5, 5.41) is 42.6. The monoisotopic (exact) mass is 489 g/mol. The van der Waals surface area contributed by atoms with Gasteiger partial charge in [0.1, 0.15) is 34.8 Å². The summed E-state index contributed by atoms with van der Waals surface area (Å²) >= 11 is 5.97. The number of nitriles is 2. The van der Waals surface area contributed by atoms with Crippen LogP contribution in [0.2, 0.25) is 5.02 Å². The second-order valence-electron chi connectivity index (χ2n) is 6.77. The first-order valence-corrected chi connectivity index (χ1v) is 9.93. The lowest BCUT2D eigenvalue weighted by Crippen LogP contribution is -2.13. The molecule has 0 bridgehead atoms. The van der Waals surface area contributed by atoms with Gasteiger partial charge in [-0.2, -0.15) is 10.5 Å². The van der Waals surface area contributed by atoms with Gasteiger partial charge >= 0.3 is 0 Å². The van der Waals surface area contributed by atoms with Crippen molar-refractivity contribution in [2.45, 2.75) is 0 Å². The Balaban J connectivity index is 1.75. The van der Waals surface area contributed by atoms with Gasteiger partial charge in [0.2, 0.25) is 0 Å². The number of nitro benzene ring substituents is 2. The Morgan fingerprint density at radius 2 is 1.60 bits per heavy atom. The van der Waals surface area contributed by atoms with Crippen molar-refractivity contribution in [1.29, 1.82) is 10.5 Å². The number of ether oxygens (including phenoxy) is 1. The van der Waals surface area contributed by atoms with Gasteiger partial charge in [0.05, 0.1) is 20.6 Å². The molecular formula is C23H12ClN5O6. The summed E-state index contributed by atoms with van der Waals surface area (Å²) in [6.07, 6.45) is 1.31. The molecular weight excluding hydrogens is 478 g/mol. The van der Waals surface area contributed by atoms with Gasteiger partial charge in [-0.15, -0.1) is 0 Å². The SMILES string of the molecule is N#C/C(=C\c1ccc(Oc2ccc([N+](=O)[O-])cc2C#N)cc1)C(=O)Nc1ccc([N+](=O)[O-])cc1Cl. The van der Waals surface area contributed by atoms with Crippen molar-refractivity contribution in [1.82, 2.24) is 0 Å². The number of carbonyl (C=O) groups is 1. The van der Waals surface area contributed by atoms with Crippen LogP contribution in [0.1, 0.15) is 11.1 Å². The summed E-state index contributed by atoms with van der Waals surface area (Å²) in [6.45, 7) is 0. The van der Waals surface area contributed by atoms with Gasteiger partial charge in [-0.25, -0.2) is 0 Å². The standard InChI is InChI=1S/C23H12ClN5O6/c24-20-11-18(29(33)34)3-7-21(20)27-23(30)16(13-26)9-14-1-5-19(6-2-14)35-22-8-4-17(28(31)32)10-15(22)12-25/h1-11H,(H,27,30)/b16-9+. The quantitative estimate of drug-likeness (QED) is 0.199. The molecule has 11 nitrogen and oxygen atoms in total. The molecule has 0 aromatic heterocycles. The van der Waals surface area contributed by atoms with E-state index in [1.807, 2.05) is 6.07 Å². The van der Waals surface area contributed by atoms with Gasteiger partial charge < -0.3 is 10.1 Å². The molecule has 35 heavy (non-hydrogen) atoms. The third-order valence-electron chi connectivity index (χ3n) is 4.49. The first-order valence-electron chi connectivity index (χ1n) is 9.55. The van der Waals surface area contributed by atoms with E-state index in [0.717, 1.165) is 12.1 Å². The maximum Gasteiger partial charge on any atom is 0.271 e. The van der Waals surface area contributed by atoms with Gasteiger partial charge in [0.25, 0.3) is 17.3 Å². The Bertz CT molecular complexity index is 1450. The number of halogens is 1. The number of nitrogens with zero attached hydrogens (tertiary/aromatic N) is 4. The smallest absolute Gasteiger partial charge is 0.271 e. The number of non-ortho nitro benzene ring substituents is 2. The molecule has 0 aliphatic heterocycles. The van der Waals surface area contributed by atoms with E-state index in [1.165, 1.54) is 42.5 Å². The molecule has 0 heterocycles. The number of hydrogen-bond acceptors (Lipinski definition) is 8. The topological polar surface area (TPSA) is 172 Å². The van der Waals surface area contributed by atoms with Crippen LogP contribution in [-0.4, -0.2) is 15.8 Å². The molecule has 0 aliphatic carbocycles. The van der Waals surface area contributed by atoms with Crippen molar-refractivity contribution < 1.29 is 19.4 Å². The largest absolute Gasteiger partial charge is 0.456 e. The van der Waals surface area contributed by atoms with Gasteiger partial charge in [0, 0.05) is 24.3 Å². The zero-order chi connectivity index (χ0) is 25.5. The fourth-order valence-electron chi connectivity index (χ4n) is 2.79. The van der Waals surface area contributed by atoms with Crippen LogP contribution in [0.3, 0.4) is 0 Å². The molecule has 1 N–H and O–H groups in total.